The average molecular weight is 485 g/mol. The van der Waals surface area contributed by atoms with Gasteiger partial charge in [-0.25, -0.2) is 4.90 Å². The second-order valence-electron chi connectivity index (χ2n) is 8.46. The molecule has 2 heterocycles. The molecule has 182 valence electrons. The molecule has 0 spiro atoms. The van der Waals surface area contributed by atoms with E-state index in [0.717, 1.165) is 16.0 Å². The lowest BCUT2D eigenvalue weighted by Crippen LogP contribution is -2.31. The van der Waals surface area contributed by atoms with Gasteiger partial charge >= 0.3 is 0 Å². The SMILES string of the molecule is COc1cc(C(=O)c2c(N3C(=O)c4ccccc4C3=O)c3cccc(C)c3n2C)cc(OC)c1OC. The van der Waals surface area contributed by atoms with Gasteiger partial charge in [-0.15, -0.1) is 0 Å². The minimum atomic E-state index is -0.469. The summed E-state index contributed by atoms with van der Waals surface area (Å²) < 4.78 is 18.0. The number of rotatable bonds is 6. The van der Waals surface area contributed by atoms with E-state index >= 15 is 0 Å². The Hall–Kier alpha value is -4.59. The zero-order valence-corrected chi connectivity index (χ0v) is 20.5. The summed E-state index contributed by atoms with van der Waals surface area (Å²) in [5.41, 5.74) is 2.96. The molecule has 0 atom stereocenters. The van der Waals surface area contributed by atoms with Crippen LogP contribution in [-0.4, -0.2) is 43.5 Å². The van der Waals surface area contributed by atoms with Crippen LogP contribution in [0.25, 0.3) is 10.9 Å². The van der Waals surface area contributed by atoms with Gasteiger partial charge in [-0.1, -0.05) is 30.3 Å². The van der Waals surface area contributed by atoms with Crippen LogP contribution in [0.2, 0.25) is 0 Å². The molecule has 0 radical (unpaired) electrons. The summed E-state index contributed by atoms with van der Waals surface area (Å²) >= 11 is 0. The number of anilines is 1. The van der Waals surface area contributed by atoms with Crippen molar-refractivity contribution >= 4 is 34.2 Å². The first-order chi connectivity index (χ1) is 17.3. The highest BCUT2D eigenvalue weighted by atomic mass is 16.5. The number of para-hydroxylation sites is 1. The van der Waals surface area contributed by atoms with Crippen LogP contribution >= 0.6 is 0 Å². The Morgan fingerprint density at radius 2 is 1.39 bits per heavy atom. The number of ketones is 1. The quantitative estimate of drug-likeness (QED) is 0.295. The molecule has 5 rings (SSSR count). The van der Waals surface area contributed by atoms with Gasteiger partial charge < -0.3 is 18.8 Å². The van der Waals surface area contributed by atoms with Gasteiger partial charge in [-0.2, -0.15) is 0 Å². The Labute approximate surface area is 207 Å². The van der Waals surface area contributed by atoms with Crippen molar-refractivity contribution in [3.8, 4) is 17.2 Å². The van der Waals surface area contributed by atoms with E-state index < -0.39 is 17.6 Å². The molecule has 36 heavy (non-hydrogen) atoms. The monoisotopic (exact) mass is 484 g/mol. The number of amides is 2. The third kappa shape index (κ3) is 3.18. The average Bonchev–Trinajstić information content (AvgIpc) is 3.33. The summed E-state index contributed by atoms with van der Waals surface area (Å²) in [6, 6.07) is 15.3. The molecular weight excluding hydrogens is 460 g/mol. The van der Waals surface area contributed by atoms with E-state index in [0.29, 0.717) is 33.8 Å². The maximum absolute atomic E-state index is 14.1. The first-order valence-corrected chi connectivity index (χ1v) is 11.2. The number of fused-ring (bicyclic) bond motifs is 2. The van der Waals surface area contributed by atoms with Crippen LogP contribution < -0.4 is 19.1 Å². The van der Waals surface area contributed by atoms with Gasteiger partial charge in [0.05, 0.1) is 43.7 Å². The Morgan fingerprint density at radius 3 is 1.92 bits per heavy atom. The number of carbonyl (C=O) groups excluding carboxylic acids is 3. The zero-order chi connectivity index (χ0) is 25.7. The van der Waals surface area contributed by atoms with Crippen molar-refractivity contribution in [1.82, 2.24) is 4.57 Å². The number of aromatic nitrogens is 1. The molecule has 0 fully saturated rings. The molecule has 0 N–H and O–H groups in total. The van der Waals surface area contributed by atoms with Crippen LogP contribution in [0.4, 0.5) is 5.69 Å². The van der Waals surface area contributed by atoms with E-state index in [1.54, 1.807) is 48.0 Å². The lowest BCUT2D eigenvalue weighted by molar-refractivity contribution is 0.0926. The van der Waals surface area contributed by atoms with Crippen molar-refractivity contribution in [3.63, 3.8) is 0 Å². The van der Waals surface area contributed by atoms with E-state index in [9.17, 15) is 14.4 Å². The van der Waals surface area contributed by atoms with Crippen molar-refractivity contribution in [2.45, 2.75) is 6.92 Å². The standard InChI is InChI=1S/C28H24N2O6/c1-15-9-8-12-19-22(15)29(2)24(23(19)30-27(32)17-10-6-7-11-18(17)28(30)33)25(31)16-13-20(34-3)26(36-5)21(14-16)35-4/h6-14H,1-5H3. The molecule has 0 bridgehead atoms. The lowest BCUT2D eigenvalue weighted by Gasteiger charge is -2.17. The minimum absolute atomic E-state index is 0.197. The molecule has 0 unspecified atom stereocenters. The van der Waals surface area contributed by atoms with Crippen LogP contribution in [0.15, 0.2) is 54.6 Å². The van der Waals surface area contributed by atoms with Gasteiger partial charge in [0.25, 0.3) is 11.8 Å². The molecule has 1 aromatic heterocycles. The molecule has 3 aromatic carbocycles. The topological polar surface area (TPSA) is 87.1 Å². The fourth-order valence-corrected chi connectivity index (χ4v) is 4.92. The number of hydrogen-bond donors (Lipinski definition) is 0. The summed E-state index contributed by atoms with van der Waals surface area (Å²) in [5.74, 6) is -0.356. The highest BCUT2D eigenvalue weighted by Gasteiger charge is 2.41. The molecule has 2 amide bonds. The molecule has 0 saturated carbocycles. The highest BCUT2D eigenvalue weighted by molar-refractivity contribution is 6.38. The van der Waals surface area contributed by atoms with Gasteiger partial charge in [0.15, 0.2) is 11.5 Å². The van der Waals surface area contributed by atoms with Crippen molar-refractivity contribution in [3.05, 3.63) is 82.5 Å². The van der Waals surface area contributed by atoms with Crippen LogP contribution in [0.5, 0.6) is 17.2 Å². The third-order valence-electron chi connectivity index (χ3n) is 6.55. The van der Waals surface area contributed by atoms with Gasteiger partial charge in [-0.3, -0.25) is 14.4 Å². The second-order valence-corrected chi connectivity index (χ2v) is 8.46. The van der Waals surface area contributed by atoms with Crippen LogP contribution in [0.3, 0.4) is 0 Å². The number of benzene rings is 3. The molecular formula is C28H24N2O6. The fourth-order valence-electron chi connectivity index (χ4n) is 4.92. The third-order valence-corrected chi connectivity index (χ3v) is 6.55. The first kappa shape index (κ1) is 23.2. The van der Waals surface area contributed by atoms with Gasteiger partial charge in [0.2, 0.25) is 11.5 Å². The van der Waals surface area contributed by atoms with E-state index in [4.69, 9.17) is 14.2 Å². The second kappa shape index (κ2) is 8.57. The van der Waals surface area contributed by atoms with E-state index in [1.807, 2.05) is 25.1 Å². The van der Waals surface area contributed by atoms with Crippen molar-refractivity contribution in [2.75, 3.05) is 26.2 Å². The molecule has 1 aliphatic heterocycles. The highest BCUT2D eigenvalue weighted by Crippen LogP contribution is 2.42. The minimum Gasteiger partial charge on any atom is -0.493 e. The molecule has 8 nitrogen and oxygen atoms in total. The number of nitrogens with zero attached hydrogens (tertiary/aromatic N) is 2. The Kier molecular flexibility index (Phi) is 5.51. The maximum Gasteiger partial charge on any atom is 0.266 e. The lowest BCUT2D eigenvalue weighted by atomic mass is 10.0. The Bertz CT molecular complexity index is 1520. The maximum atomic E-state index is 14.1. The summed E-state index contributed by atoms with van der Waals surface area (Å²) in [6.45, 7) is 1.92. The van der Waals surface area contributed by atoms with Gasteiger partial charge in [0.1, 0.15) is 5.69 Å². The van der Waals surface area contributed by atoms with E-state index in [2.05, 4.69) is 0 Å². The molecule has 4 aromatic rings. The summed E-state index contributed by atoms with van der Waals surface area (Å²) in [5, 5.41) is 0.628. The van der Waals surface area contributed by atoms with Crippen LogP contribution in [-0.2, 0) is 7.05 Å². The number of ether oxygens (including phenoxy) is 3. The largest absolute Gasteiger partial charge is 0.493 e. The van der Waals surface area contributed by atoms with Crippen LogP contribution in [0.1, 0.15) is 42.3 Å². The molecule has 0 aliphatic carbocycles. The number of aryl methyl sites for hydroxylation is 2. The predicted molar refractivity (Wildman–Crippen MR) is 135 cm³/mol. The number of carbonyl (C=O) groups is 3. The normalized spacial score (nSPS) is 12.8. The molecule has 0 saturated heterocycles. The fraction of sp³-hybridized carbons (Fsp3) is 0.179. The predicted octanol–water partition coefficient (Wildman–Crippen LogP) is 4.54. The zero-order valence-electron chi connectivity index (χ0n) is 20.5. The summed E-state index contributed by atoms with van der Waals surface area (Å²) in [4.78, 5) is 42.2. The van der Waals surface area contributed by atoms with E-state index in [-0.39, 0.29) is 16.9 Å². The Balaban J connectivity index is 1.79. The molecule has 1 aliphatic rings. The summed E-state index contributed by atoms with van der Waals surface area (Å²) in [7, 11) is 6.17. The Morgan fingerprint density at radius 1 is 0.806 bits per heavy atom. The number of hydrogen-bond acceptors (Lipinski definition) is 6. The number of methoxy groups -OCH3 is 3. The first-order valence-electron chi connectivity index (χ1n) is 11.2. The summed E-state index contributed by atoms with van der Waals surface area (Å²) in [6.07, 6.45) is 0. The number of imide groups is 1. The molecule has 8 heteroatoms. The van der Waals surface area contributed by atoms with E-state index in [1.165, 1.54) is 21.3 Å². The smallest absolute Gasteiger partial charge is 0.266 e. The van der Waals surface area contributed by atoms with Gasteiger partial charge in [-0.05, 0) is 36.8 Å². The van der Waals surface area contributed by atoms with Crippen LogP contribution in [0, 0.1) is 6.92 Å². The van der Waals surface area contributed by atoms with Crippen molar-refractivity contribution < 1.29 is 28.6 Å². The van der Waals surface area contributed by atoms with Crippen molar-refractivity contribution in [1.29, 1.82) is 0 Å². The van der Waals surface area contributed by atoms with Gasteiger partial charge in [0, 0.05) is 18.0 Å². The van der Waals surface area contributed by atoms with Crippen molar-refractivity contribution in [2.24, 2.45) is 7.05 Å².